The Morgan fingerprint density at radius 2 is 1.57 bits per heavy atom. The predicted octanol–water partition coefficient (Wildman–Crippen LogP) is 6.19. The van der Waals surface area contributed by atoms with Gasteiger partial charge < -0.3 is 9.64 Å². The summed E-state index contributed by atoms with van der Waals surface area (Å²) in [6.07, 6.45) is 1.85. The highest BCUT2D eigenvalue weighted by atomic mass is 32.2. The smallest absolute Gasteiger partial charge is 0.284 e. The Morgan fingerprint density at radius 3 is 2.25 bits per heavy atom. The molecule has 8 nitrogen and oxygen atoms in total. The van der Waals surface area contributed by atoms with E-state index in [1.54, 1.807) is 12.1 Å². The second-order valence-corrected chi connectivity index (χ2v) is 15.4. The van der Waals surface area contributed by atoms with Crippen LogP contribution in [0.3, 0.4) is 0 Å². The molecule has 3 aliphatic rings. The van der Waals surface area contributed by atoms with E-state index in [1.165, 1.54) is 5.56 Å². The van der Waals surface area contributed by atoms with Crippen LogP contribution in [0.25, 0.3) is 0 Å². The van der Waals surface area contributed by atoms with Crippen molar-refractivity contribution in [2.75, 3.05) is 43.0 Å². The monoisotopic (exact) mass is 575 g/mol. The number of likely N-dealkylation sites (N-methyl/N-ethyl adjacent to an activating group) is 1. The zero-order valence-electron chi connectivity index (χ0n) is 23.2. The number of benzene rings is 3. The number of ether oxygens (including phenoxy) is 1. The number of para-hydroxylation sites is 2. The van der Waals surface area contributed by atoms with Gasteiger partial charge >= 0.3 is 0 Å². The summed E-state index contributed by atoms with van der Waals surface area (Å²) in [5, 5.41) is 5.79. The second kappa shape index (κ2) is 10.00. The van der Waals surface area contributed by atoms with E-state index < -0.39 is 22.8 Å². The SMILES string of the molecule is Cc1ccc(S(=O)(=O)N=P2(N3CCOCC3)C(=C3N(C)c4ccccc4C3(C)C)C=NN2c2ccccc2)cc1. The zero-order valence-corrected chi connectivity index (χ0v) is 24.9. The Bertz CT molecular complexity index is 1660. The van der Waals surface area contributed by atoms with Gasteiger partial charge in [-0.3, -0.25) is 0 Å². The fourth-order valence-corrected chi connectivity index (χ4v) is 12.1. The molecule has 1 saturated heterocycles. The van der Waals surface area contributed by atoms with Gasteiger partial charge in [0.2, 0.25) is 0 Å². The molecule has 208 valence electrons. The highest BCUT2D eigenvalue weighted by molar-refractivity contribution is 7.95. The van der Waals surface area contributed by atoms with Gasteiger partial charge in [-0.05, 0) is 42.8 Å². The molecule has 3 aliphatic heterocycles. The van der Waals surface area contributed by atoms with Crippen molar-refractivity contribution < 1.29 is 13.2 Å². The number of morpholine rings is 1. The number of hydrogen-bond acceptors (Lipinski definition) is 5. The first kappa shape index (κ1) is 27.0. The summed E-state index contributed by atoms with van der Waals surface area (Å²) in [7, 11) is -5.24. The maximum absolute atomic E-state index is 14.2. The number of nitrogens with zero attached hydrogens (tertiary/aromatic N) is 5. The van der Waals surface area contributed by atoms with Gasteiger partial charge in [-0.2, -0.15) is 13.5 Å². The molecule has 10 heteroatoms. The molecule has 0 bridgehead atoms. The molecule has 0 N–H and O–H groups in total. The fraction of sp³-hybridized carbons (Fsp3) is 0.300. The highest BCUT2D eigenvalue weighted by Gasteiger charge is 2.51. The van der Waals surface area contributed by atoms with Crippen molar-refractivity contribution in [3.63, 3.8) is 0 Å². The molecule has 0 aliphatic carbocycles. The number of sulfonamides is 1. The van der Waals surface area contributed by atoms with Crippen LogP contribution in [0.2, 0.25) is 0 Å². The Kier molecular flexibility index (Phi) is 6.74. The van der Waals surface area contributed by atoms with Gasteiger partial charge in [0.1, 0.15) is 0 Å². The van der Waals surface area contributed by atoms with E-state index in [9.17, 15) is 8.42 Å². The van der Waals surface area contributed by atoms with E-state index in [1.807, 2.05) is 66.4 Å². The summed E-state index contributed by atoms with van der Waals surface area (Å²) in [5.41, 5.74) is 4.68. The average molecular weight is 576 g/mol. The van der Waals surface area contributed by atoms with Crippen LogP contribution in [0.4, 0.5) is 11.4 Å². The third-order valence-corrected chi connectivity index (χ3v) is 13.6. The van der Waals surface area contributed by atoms with Gasteiger partial charge in [0.25, 0.3) is 10.0 Å². The molecular formula is C30H34N5O3PS. The third-order valence-electron chi connectivity index (χ3n) is 7.89. The molecule has 0 aromatic heterocycles. The zero-order chi connectivity index (χ0) is 28.1. The number of anilines is 2. The largest absolute Gasteiger partial charge is 0.379 e. The predicted molar refractivity (Wildman–Crippen MR) is 162 cm³/mol. The van der Waals surface area contributed by atoms with Crippen molar-refractivity contribution in [1.82, 2.24) is 4.67 Å². The lowest BCUT2D eigenvalue weighted by atomic mass is 9.84. The molecule has 1 unspecified atom stereocenters. The van der Waals surface area contributed by atoms with Crippen LogP contribution < -0.4 is 9.68 Å². The van der Waals surface area contributed by atoms with Crippen LogP contribution in [0, 0.1) is 6.92 Å². The van der Waals surface area contributed by atoms with Crippen molar-refractivity contribution in [3.8, 4) is 0 Å². The number of aryl methyl sites for hydroxylation is 1. The van der Waals surface area contributed by atoms with Crippen molar-refractivity contribution in [3.05, 3.63) is 101 Å². The molecule has 0 spiro atoms. The van der Waals surface area contributed by atoms with E-state index in [0.29, 0.717) is 26.3 Å². The molecule has 40 heavy (non-hydrogen) atoms. The highest BCUT2D eigenvalue weighted by Crippen LogP contribution is 2.70. The Labute approximate surface area is 236 Å². The average Bonchev–Trinajstić information content (AvgIpc) is 3.41. The standard InChI is InChI=1S/C30H34N5O3PS/c1-23-14-16-25(17-15-23)40(36,37)32-39(34-18-20-38-21-19-34)28(22-31-35(39)24-10-6-5-7-11-24)29-30(2,3)26-12-8-9-13-27(26)33(29)4/h5-17,22H,18-21H2,1-4H3. The molecule has 3 heterocycles. The molecule has 0 radical (unpaired) electrons. The van der Waals surface area contributed by atoms with Crippen molar-refractivity contribution in [2.45, 2.75) is 31.1 Å². The summed E-state index contributed by atoms with van der Waals surface area (Å²) < 4.78 is 43.3. The van der Waals surface area contributed by atoms with E-state index in [0.717, 1.165) is 27.9 Å². The van der Waals surface area contributed by atoms with Crippen LogP contribution in [0.1, 0.15) is 25.0 Å². The van der Waals surface area contributed by atoms with Gasteiger partial charge in [-0.15, -0.1) is 4.15 Å². The van der Waals surface area contributed by atoms with Crippen LogP contribution >= 0.6 is 7.36 Å². The lowest BCUT2D eigenvalue weighted by Gasteiger charge is -2.42. The van der Waals surface area contributed by atoms with Crippen molar-refractivity contribution in [1.29, 1.82) is 0 Å². The molecular weight excluding hydrogens is 541 g/mol. The number of rotatable bonds is 4. The topological polar surface area (TPSA) is 77.8 Å². The molecule has 6 rings (SSSR count). The number of hydrazone groups is 1. The van der Waals surface area contributed by atoms with Crippen LogP contribution in [-0.2, 0) is 20.2 Å². The normalized spacial score (nSPS) is 24.4. The molecule has 1 atom stereocenters. The quantitative estimate of drug-likeness (QED) is 0.345. The van der Waals surface area contributed by atoms with Crippen LogP contribution in [0.15, 0.2) is 104 Å². The Balaban J connectivity index is 1.70. The first-order valence-electron chi connectivity index (χ1n) is 13.4. The van der Waals surface area contributed by atoms with E-state index in [2.05, 4.69) is 48.7 Å². The summed E-state index contributed by atoms with van der Waals surface area (Å²) >= 11 is 0. The first-order valence-corrected chi connectivity index (χ1v) is 16.5. The Morgan fingerprint density at radius 1 is 0.925 bits per heavy atom. The first-order chi connectivity index (χ1) is 19.2. The maximum atomic E-state index is 14.2. The maximum Gasteiger partial charge on any atom is 0.284 e. The summed E-state index contributed by atoms with van der Waals surface area (Å²) in [4.78, 5) is 2.37. The molecule has 1 fully saturated rings. The molecule has 0 saturated carbocycles. The summed E-state index contributed by atoms with van der Waals surface area (Å²) in [5.74, 6) is 0. The minimum Gasteiger partial charge on any atom is -0.379 e. The number of allylic oxidation sites excluding steroid dienone is 2. The number of fused-ring (bicyclic) bond motifs is 1. The Hall–Kier alpha value is -3.23. The third kappa shape index (κ3) is 4.23. The summed E-state index contributed by atoms with van der Waals surface area (Å²) in [6, 6.07) is 25.0. The van der Waals surface area contributed by atoms with E-state index in [-0.39, 0.29) is 4.90 Å². The molecule has 3 aromatic carbocycles. The fourth-order valence-electron chi connectivity index (χ4n) is 5.95. The molecule has 3 aromatic rings. The van der Waals surface area contributed by atoms with Gasteiger partial charge in [0, 0.05) is 36.9 Å². The van der Waals surface area contributed by atoms with Crippen molar-refractivity contribution >= 4 is 35.0 Å². The number of hydrogen-bond donors (Lipinski definition) is 0. The van der Waals surface area contributed by atoms with Gasteiger partial charge in [-0.1, -0.05) is 67.9 Å². The van der Waals surface area contributed by atoms with Gasteiger partial charge in [0.15, 0.2) is 7.36 Å². The minimum absolute atomic E-state index is 0.178. The van der Waals surface area contributed by atoms with Gasteiger partial charge in [0.05, 0.1) is 35.3 Å². The second-order valence-electron chi connectivity index (χ2n) is 10.8. The van der Waals surface area contributed by atoms with E-state index >= 15 is 0 Å². The van der Waals surface area contributed by atoms with E-state index in [4.69, 9.17) is 14.0 Å². The van der Waals surface area contributed by atoms with Gasteiger partial charge in [-0.25, -0.2) is 9.45 Å². The summed E-state index contributed by atoms with van der Waals surface area (Å²) in [6.45, 7) is 8.40. The van der Waals surface area contributed by atoms with Crippen LogP contribution in [0.5, 0.6) is 0 Å². The molecule has 0 amide bonds. The van der Waals surface area contributed by atoms with Crippen LogP contribution in [-0.4, -0.2) is 52.7 Å². The van der Waals surface area contributed by atoms with Crippen molar-refractivity contribution in [2.24, 2.45) is 9.25 Å². The minimum atomic E-state index is -4.08. The lowest BCUT2D eigenvalue weighted by molar-refractivity contribution is 0.0743. The lowest BCUT2D eigenvalue weighted by Crippen LogP contribution is -2.38.